The van der Waals surface area contributed by atoms with Crippen LogP contribution in [0.5, 0.6) is 11.5 Å². The van der Waals surface area contributed by atoms with Crippen LogP contribution >= 0.6 is 0 Å². The molecule has 3 nitrogen and oxygen atoms in total. The summed E-state index contributed by atoms with van der Waals surface area (Å²) in [5.41, 5.74) is 5.95. The number of hydrogen-bond donors (Lipinski definition) is 1. The Bertz CT molecular complexity index is 490. The Kier molecular flexibility index (Phi) is 3.86. The largest absolute Gasteiger partial charge is 0.573 e. The minimum Gasteiger partial charge on any atom is -0.469 e. The van der Waals surface area contributed by atoms with Gasteiger partial charge in [-0.1, -0.05) is 26.0 Å². The van der Waals surface area contributed by atoms with Crippen molar-refractivity contribution in [1.29, 1.82) is 0 Å². The molecule has 0 saturated heterocycles. The SMILES string of the molecule is CCC1Cc2cccc(OC(F)(F)F)c2OC1(N)CC. The maximum absolute atomic E-state index is 12.4. The average molecular weight is 289 g/mol. The Hall–Kier alpha value is -1.43. The molecule has 2 N–H and O–H groups in total. The predicted octanol–water partition coefficient (Wildman–Crippen LogP) is 3.61. The van der Waals surface area contributed by atoms with Gasteiger partial charge in [-0.05, 0) is 30.9 Å². The summed E-state index contributed by atoms with van der Waals surface area (Å²) in [6.07, 6.45) is -2.84. The van der Waals surface area contributed by atoms with Crippen LogP contribution < -0.4 is 15.2 Å². The van der Waals surface area contributed by atoms with Crippen molar-refractivity contribution in [2.75, 3.05) is 0 Å². The van der Waals surface area contributed by atoms with E-state index in [-0.39, 0.29) is 17.4 Å². The first-order valence-electron chi connectivity index (χ1n) is 6.64. The van der Waals surface area contributed by atoms with Gasteiger partial charge in [0, 0.05) is 5.92 Å². The standard InChI is InChI=1S/C14H18F3NO2/c1-3-10-8-9-6-5-7-11(19-14(15,16)17)12(9)20-13(10,18)4-2/h5-7,10H,3-4,8,18H2,1-2H3. The highest BCUT2D eigenvalue weighted by Gasteiger charge is 2.41. The average Bonchev–Trinajstić information content (AvgIpc) is 2.37. The van der Waals surface area contributed by atoms with Crippen molar-refractivity contribution in [2.24, 2.45) is 11.7 Å². The van der Waals surface area contributed by atoms with Gasteiger partial charge in [-0.15, -0.1) is 13.2 Å². The van der Waals surface area contributed by atoms with Gasteiger partial charge in [0.05, 0.1) is 0 Å². The van der Waals surface area contributed by atoms with Crippen LogP contribution in [0, 0.1) is 5.92 Å². The summed E-state index contributed by atoms with van der Waals surface area (Å²) < 4.78 is 47.0. The van der Waals surface area contributed by atoms with Gasteiger partial charge in [0.2, 0.25) is 0 Å². The number of ether oxygens (including phenoxy) is 2. The molecule has 0 saturated carbocycles. The van der Waals surface area contributed by atoms with Crippen molar-refractivity contribution < 1.29 is 22.6 Å². The minimum absolute atomic E-state index is 0.0705. The van der Waals surface area contributed by atoms with Crippen LogP contribution in [0.3, 0.4) is 0 Å². The number of hydrogen-bond acceptors (Lipinski definition) is 3. The third-order valence-electron chi connectivity index (χ3n) is 3.78. The molecule has 0 aromatic heterocycles. The summed E-state index contributed by atoms with van der Waals surface area (Å²) in [7, 11) is 0. The van der Waals surface area contributed by atoms with Crippen LogP contribution in [-0.2, 0) is 6.42 Å². The molecule has 1 aromatic rings. The molecule has 1 aliphatic rings. The smallest absolute Gasteiger partial charge is 0.469 e. The highest BCUT2D eigenvalue weighted by atomic mass is 19.4. The molecule has 1 heterocycles. The molecule has 2 atom stereocenters. The van der Waals surface area contributed by atoms with Crippen LogP contribution in [0.4, 0.5) is 13.2 Å². The van der Waals surface area contributed by atoms with E-state index in [4.69, 9.17) is 10.5 Å². The Labute approximate surface area is 115 Å². The van der Waals surface area contributed by atoms with Gasteiger partial charge in [0.25, 0.3) is 0 Å². The van der Waals surface area contributed by atoms with Crippen molar-refractivity contribution in [1.82, 2.24) is 0 Å². The van der Waals surface area contributed by atoms with E-state index < -0.39 is 12.1 Å². The van der Waals surface area contributed by atoms with E-state index in [1.165, 1.54) is 12.1 Å². The minimum atomic E-state index is -4.75. The molecule has 0 radical (unpaired) electrons. The molecule has 6 heteroatoms. The van der Waals surface area contributed by atoms with Gasteiger partial charge in [-0.25, -0.2) is 0 Å². The zero-order valence-corrected chi connectivity index (χ0v) is 11.5. The first kappa shape index (κ1) is 15.0. The van der Waals surface area contributed by atoms with Gasteiger partial charge in [-0.3, -0.25) is 5.73 Å². The lowest BCUT2D eigenvalue weighted by atomic mass is 9.83. The first-order valence-corrected chi connectivity index (χ1v) is 6.64. The number of alkyl halides is 3. The number of rotatable bonds is 3. The van der Waals surface area contributed by atoms with Crippen LogP contribution in [0.25, 0.3) is 0 Å². The summed E-state index contributed by atoms with van der Waals surface area (Å²) in [6.45, 7) is 3.85. The molecule has 0 spiro atoms. The molecule has 2 rings (SSSR count). The van der Waals surface area contributed by atoms with E-state index in [9.17, 15) is 13.2 Å². The molecular formula is C14H18F3NO2. The van der Waals surface area contributed by atoms with Crippen LogP contribution in [0.15, 0.2) is 18.2 Å². The number of halogens is 3. The van der Waals surface area contributed by atoms with Crippen LogP contribution in [0.1, 0.15) is 32.3 Å². The lowest BCUT2D eigenvalue weighted by molar-refractivity contribution is -0.275. The third kappa shape index (κ3) is 2.85. The zero-order valence-electron chi connectivity index (χ0n) is 11.5. The van der Waals surface area contributed by atoms with E-state index in [2.05, 4.69) is 4.74 Å². The molecule has 0 fully saturated rings. The molecule has 1 aromatic carbocycles. The molecule has 0 amide bonds. The van der Waals surface area contributed by atoms with Crippen LogP contribution in [-0.4, -0.2) is 12.1 Å². The fraction of sp³-hybridized carbons (Fsp3) is 0.571. The molecule has 0 aliphatic carbocycles. The van der Waals surface area contributed by atoms with Gasteiger partial charge in [0.15, 0.2) is 17.2 Å². The number of fused-ring (bicyclic) bond motifs is 1. The zero-order chi connectivity index (χ0) is 15.0. The number of para-hydroxylation sites is 1. The summed E-state index contributed by atoms with van der Waals surface area (Å²) in [4.78, 5) is 0. The molecule has 0 bridgehead atoms. The first-order chi connectivity index (χ1) is 9.29. The lowest BCUT2D eigenvalue weighted by Gasteiger charge is -2.41. The molecule has 1 aliphatic heterocycles. The highest BCUT2D eigenvalue weighted by Crippen LogP contribution is 2.44. The Morgan fingerprint density at radius 1 is 1.40 bits per heavy atom. The predicted molar refractivity (Wildman–Crippen MR) is 68.4 cm³/mol. The van der Waals surface area contributed by atoms with E-state index in [0.29, 0.717) is 18.4 Å². The van der Waals surface area contributed by atoms with Gasteiger partial charge in [0.1, 0.15) is 0 Å². The van der Waals surface area contributed by atoms with Crippen LogP contribution in [0.2, 0.25) is 0 Å². The van der Waals surface area contributed by atoms with Gasteiger partial charge < -0.3 is 9.47 Å². The summed E-state index contributed by atoms with van der Waals surface area (Å²) in [6, 6.07) is 4.52. The highest BCUT2D eigenvalue weighted by molar-refractivity contribution is 5.48. The summed E-state index contributed by atoms with van der Waals surface area (Å²) in [5, 5.41) is 0. The van der Waals surface area contributed by atoms with Crippen molar-refractivity contribution in [2.45, 2.75) is 45.2 Å². The van der Waals surface area contributed by atoms with Crippen molar-refractivity contribution in [3.8, 4) is 11.5 Å². The monoisotopic (exact) mass is 289 g/mol. The maximum atomic E-state index is 12.4. The van der Waals surface area contributed by atoms with E-state index in [1.54, 1.807) is 6.07 Å². The fourth-order valence-corrected chi connectivity index (χ4v) is 2.61. The topological polar surface area (TPSA) is 44.5 Å². The Morgan fingerprint density at radius 2 is 2.10 bits per heavy atom. The Morgan fingerprint density at radius 3 is 2.65 bits per heavy atom. The number of nitrogens with two attached hydrogens (primary N) is 1. The normalized spacial score (nSPS) is 25.8. The number of benzene rings is 1. The molecule has 2 unspecified atom stereocenters. The lowest BCUT2D eigenvalue weighted by Crippen LogP contribution is -2.54. The molecular weight excluding hydrogens is 271 g/mol. The van der Waals surface area contributed by atoms with Crippen molar-refractivity contribution in [3.63, 3.8) is 0 Å². The quantitative estimate of drug-likeness (QED) is 0.924. The summed E-state index contributed by atoms with van der Waals surface area (Å²) >= 11 is 0. The Balaban J connectivity index is 2.40. The molecule has 20 heavy (non-hydrogen) atoms. The van der Waals surface area contributed by atoms with E-state index in [1.807, 2.05) is 13.8 Å². The van der Waals surface area contributed by atoms with E-state index in [0.717, 1.165) is 6.42 Å². The van der Waals surface area contributed by atoms with Gasteiger partial charge >= 0.3 is 6.36 Å². The van der Waals surface area contributed by atoms with Crippen molar-refractivity contribution in [3.05, 3.63) is 23.8 Å². The third-order valence-corrected chi connectivity index (χ3v) is 3.78. The maximum Gasteiger partial charge on any atom is 0.573 e. The van der Waals surface area contributed by atoms with E-state index >= 15 is 0 Å². The summed E-state index contributed by atoms with van der Waals surface area (Å²) in [5.74, 6) is -0.146. The second-order valence-corrected chi connectivity index (χ2v) is 5.01. The second-order valence-electron chi connectivity index (χ2n) is 5.01. The fourth-order valence-electron chi connectivity index (χ4n) is 2.61. The van der Waals surface area contributed by atoms with Gasteiger partial charge in [-0.2, -0.15) is 0 Å². The van der Waals surface area contributed by atoms with Crippen molar-refractivity contribution >= 4 is 0 Å². The molecule has 112 valence electrons. The second kappa shape index (κ2) is 5.16.